The van der Waals surface area contributed by atoms with Crippen LogP contribution in [0.25, 0.3) is 11.8 Å². The molecule has 0 saturated heterocycles. The monoisotopic (exact) mass is 406 g/mol. The van der Waals surface area contributed by atoms with Gasteiger partial charge < -0.3 is 27.4 Å². The van der Waals surface area contributed by atoms with Crippen LogP contribution in [0.5, 0.6) is 0 Å². The first-order chi connectivity index (χ1) is 14.0. The molecule has 2 aromatic heterocycles. The Labute approximate surface area is 169 Å². The summed E-state index contributed by atoms with van der Waals surface area (Å²) in [6.45, 7) is 0.597. The number of hydrogen-bond donors (Lipinski definition) is 5. The topological polar surface area (TPSA) is 135 Å². The van der Waals surface area contributed by atoms with Gasteiger partial charge in [0.1, 0.15) is 4.88 Å². The number of carbonyl (C=O) groups excluding carboxylic acids is 2. The van der Waals surface area contributed by atoms with Gasteiger partial charge in [0, 0.05) is 33.7 Å². The molecule has 0 unspecified atom stereocenters. The molecule has 0 radical (unpaired) electrons. The maximum Gasteiger partial charge on any atom is 0.323 e. The van der Waals surface area contributed by atoms with Crippen molar-refractivity contribution in [3.05, 3.63) is 69.0 Å². The lowest BCUT2D eigenvalue weighted by molar-refractivity contribution is 0.100. The second kappa shape index (κ2) is 7.64. The van der Waals surface area contributed by atoms with E-state index in [4.69, 9.17) is 11.5 Å². The maximum absolute atomic E-state index is 12.3. The molecule has 29 heavy (non-hydrogen) atoms. The Balaban J connectivity index is 1.67. The number of fused-ring (bicyclic) bond motifs is 1. The van der Waals surface area contributed by atoms with Crippen molar-refractivity contribution in [1.82, 2.24) is 10.3 Å². The maximum atomic E-state index is 12.3. The molecule has 8 nitrogen and oxygen atoms in total. The standard InChI is InChI=1S/C20H18N6O2S/c21-16-15-14(29-18(16)19(22)27)6-8-24-17(15)11-3-1-4-12(9-11)25-20(28)26-13-5-2-7-23-10-13/h1-7,9-10,24H,8,21H2,(H2,22,27)(H2,25,26,28). The minimum atomic E-state index is -0.544. The number of nitrogens with zero attached hydrogens (tertiary/aromatic N) is 1. The third-order valence-electron chi connectivity index (χ3n) is 4.34. The van der Waals surface area contributed by atoms with Gasteiger partial charge >= 0.3 is 6.03 Å². The number of nitrogens with two attached hydrogens (primary N) is 2. The van der Waals surface area contributed by atoms with Gasteiger partial charge in [-0.2, -0.15) is 0 Å². The Bertz CT molecular complexity index is 1220. The van der Waals surface area contributed by atoms with Crippen LogP contribution in [-0.2, 0) is 0 Å². The SMILES string of the molecule is NC(=O)c1sc2c(c1N)=C(c1cccc(NC(=O)Nc3cccnc3)c1)NCC=2. The molecule has 3 amide bonds. The Morgan fingerprint density at radius 2 is 1.93 bits per heavy atom. The van der Waals surface area contributed by atoms with E-state index in [-0.39, 0.29) is 6.03 Å². The zero-order chi connectivity index (χ0) is 20.4. The third-order valence-corrected chi connectivity index (χ3v) is 5.56. The van der Waals surface area contributed by atoms with Crippen molar-refractivity contribution in [2.75, 3.05) is 22.9 Å². The molecule has 9 heteroatoms. The molecule has 1 aromatic carbocycles. The summed E-state index contributed by atoms with van der Waals surface area (Å²) < 4.78 is 0.901. The highest BCUT2D eigenvalue weighted by Crippen LogP contribution is 2.19. The van der Waals surface area contributed by atoms with Gasteiger partial charge in [-0.05, 0) is 30.3 Å². The molecule has 4 rings (SSSR count). The summed E-state index contributed by atoms with van der Waals surface area (Å²) in [4.78, 5) is 28.2. The van der Waals surface area contributed by atoms with Crippen LogP contribution in [-0.4, -0.2) is 23.5 Å². The summed E-state index contributed by atoms with van der Waals surface area (Å²) in [6, 6.07) is 10.5. The van der Waals surface area contributed by atoms with Crippen molar-refractivity contribution in [2.45, 2.75) is 0 Å². The highest BCUT2D eigenvalue weighted by Gasteiger charge is 2.17. The van der Waals surface area contributed by atoms with E-state index >= 15 is 0 Å². The van der Waals surface area contributed by atoms with Crippen LogP contribution in [0.15, 0.2) is 48.8 Å². The van der Waals surface area contributed by atoms with E-state index in [1.54, 1.807) is 30.6 Å². The van der Waals surface area contributed by atoms with Crippen LogP contribution in [0.3, 0.4) is 0 Å². The van der Waals surface area contributed by atoms with E-state index in [1.807, 2.05) is 24.3 Å². The van der Waals surface area contributed by atoms with E-state index in [1.165, 1.54) is 11.3 Å². The number of benzene rings is 1. The van der Waals surface area contributed by atoms with Crippen LogP contribution in [0.4, 0.5) is 21.9 Å². The quantitative estimate of drug-likeness (QED) is 0.441. The molecule has 0 bridgehead atoms. The molecule has 0 atom stereocenters. The first-order valence-corrected chi connectivity index (χ1v) is 9.59. The summed E-state index contributed by atoms with van der Waals surface area (Å²) in [6.07, 6.45) is 5.16. The van der Waals surface area contributed by atoms with Gasteiger partial charge in [0.25, 0.3) is 5.91 Å². The molecule has 146 valence electrons. The fraction of sp³-hybridized carbons (Fsp3) is 0.0500. The number of nitrogens with one attached hydrogen (secondary N) is 3. The fourth-order valence-corrected chi connectivity index (χ4v) is 4.12. The van der Waals surface area contributed by atoms with Crippen LogP contribution in [0, 0.1) is 0 Å². The molecule has 7 N–H and O–H groups in total. The summed E-state index contributed by atoms with van der Waals surface area (Å²) in [5.41, 5.74) is 14.8. The number of urea groups is 1. The van der Waals surface area contributed by atoms with E-state index in [9.17, 15) is 9.59 Å². The predicted octanol–water partition coefficient (Wildman–Crippen LogP) is 1.01. The van der Waals surface area contributed by atoms with Crippen molar-refractivity contribution >= 4 is 52.1 Å². The second-order valence-electron chi connectivity index (χ2n) is 6.31. The van der Waals surface area contributed by atoms with Gasteiger partial charge in [0.15, 0.2) is 0 Å². The van der Waals surface area contributed by atoms with Gasteiger partial charge in [0.05, 0.1) is 23.3 Å². The Morgan fingerprint density at radius 1 is 1.14 bits per heavy atom. The minimum Gasteiger partial charge on any atom is -0.397 e. The predicted molar refractivity (Wildman–Crippen MR) is 115 cm³/mol. The molecule has 0 aliphatic carbocycles. The van der Waals surface area contributed by atoms with Gasteiger partial charge in [-0.3, -0.25) is 9.78 Å². The van der Waals surface area contributed by atoms with Crippen molar-refractivity contribution in [1.29, 1.82) is 0 Å². The zero-order valence-corrected chi connectivity index (χ0v) is 16.0. The number of anilines is 3. The number of primary amides is 1. The van der Waals surface area contributed by atoms with Crippen molar-refractivity contribution in [3.8, 4) is 0 Å². The number of carbonyl (C=O) groups is 2. The first-order valence-electron chi connectivity index (χ1n) is 8.78. The molecule has 1 aliphatic heterocycles. The van der Waals surface area contributed by atoms with E-state index < -0.39 is 5.91 Å². The fourth-order valence-electron chi connectivity index (χ4n) is 3.11. The molecule has 3 aromatic rings. The number of pyridine rings is 1. The summed E-state index contributed by atoms with van der Waals surface area (Å²) in [7, 11) is 0. The lowest BCUT2D eigenvalue weighted by atomic mass is 10.1. The number of aromatic nitrogens is 1. The molecule has 0 spiro atoms. The molecule has 1 aliphatic rings. The van der Waals surface area contributed by atoms with Gasteiger partial charge in [-0.15, -0.1) is 11.3 Å². The molecular formula is C20H18N6O2S. The second-order valence-corrected chi connectivity index (χ2v) is 7.36. The number of thiophene rings is 1. The van der Waals surface area contributed by atoms with Crippen molar-refractivity contribution in [3.63, 3.8) is 0 Å². The van der Waals surface area contributed by atoms with Gasteiger partial charge in [-0.25, -0.2) is 4.79 Å². The van der Waals surface area contributed by atoms with E-state index in [2.05, 4.69) is 20.9 Å². The average molecular weight is 406 g/mol. The van der Waals surface area contributed by atoms with Crippen LogP contribution in [0.2, 0.25) is 0 Å². The van der Waals surface area contributed by atoms with Crippen molar-refractivity contribution < 1.29 is 9.59 Å². The molecular weight excluding hydrogens is 388 g/mol. The summed E-state index contributed by atoms with van der Waals surface area (Å²) in [5, 5.41) is 9.58. The van der Waals surface area contributed by atoms with Gasteiger partial charge in [0.2, 0.25) is 0 Å². The normalized spacial score (nSPS) is 12.3. The zero-order valence-electron chi connectivity index (χ0n) is 15.2. The van der Waals surface area contributed by atoms with E-state index in [0.29, 0.717) is 28.5 Å². The Morgan fingerprint density at radius 3 is 2.69 bits per heavy atom. The Kier molecular flexibility index (Phi) is 4.88. The lowest BCUT2D eigenvalue weighted by Gasteiger charge is -2.15. The summed E-state index contributed by atoms with van der Waals surface area (Å²) >= 11 is 1.28. The number of hydrogen-bond acceptors (Lipinski definition) is 6. The van der Waals surface area contributed by atoms with Crippen LogP contribution >= 0.6 is 11.3 Å². The third kappa shape index (κ3) is 3.76. The van der Waals surface area contributed by atoms with E-state index in [0.717, 1.165) is 21.0 Å². The lowest BCUT2D eigenvalue weighted by Crippen LogP contribution is -2.36. The van der Waals surface area contributed by atoms with Crippen LogP contribution < -0.4 is 37.2 Å². The number of nitrogen functional groups attached to an aromatic ring is 1. The number of amides is 3. The smallest absolute Gasteiger partial charge is 0.323 e. The Hall–Kier alpha value is -3.85. The van der Waals surface area contributed by atoms with Crippen molar-refractivity contribution in [2.24, 2.45) is 5.73 Å². The van der Waals surface area contributed by atoms with Crippen LogP contribution in [0.1, 0.15) is 15.2 Å². The molecule has 0 saturated carbocycles. The molecule has 3 heterocycles. The number of rotatable bonds is 4. The molecule has 0 fully saturated rings. The highest BCUT2D eigenvalue weighted by molar-refractivity contribution is 7.12. The summed E-state index contributed by atoms with van der Waals surface area (Å²) in [5.74, 6) is -0.544. The average Bonchev–Trinajstić information content (AvgIpc) is 3.06. The minimum absolute atomic E-state index is 0.345. The van der Waals surface area contributed by atoms with Gasteiger partial charge in [-0.1, -0.05) is 12.1 Å². The first kappa shape index (κ1) is 18.5. The highest BCUT2D eigenvalue weighted by atomic mass is 32.1. The largest absolute Gasteiger partial charge is 0.397 e.